The number of ketones is 2. The average molecular weight is 511 g/mol. The Hall–Kier alpha value is -1.57. The summed E-state index contributed by atoms with van der Waals surface area (Å²) in [7, 11) is 0. The lowest BCUT2D eigenvalue weighted by molar-refractivity contribution is -0.281. The van der Waals surface area contributed by atoms with E-state index in [1.165, 1.54) is 13.8 Å². The summed E-state index contributed by atoms with van der Waals surface area (Å²) in [4.78, 5) is 35.6. The average Bonchev–Trinajstić information content (AvgIpc) is 2.79. The van der Waals surface area contributed by atoms with Gasteiger partial charge in [0.25, 0.3) is 5.92 Å². The van der Waals surface area contributed by atoms with Gasteiger partial charge in [-0.05, 0) is 26.7 Å². The Kier molecular flexibility index (Phi) is 12.8. The van der Waals surface area contributed by atoms with Gasteiger partial charge in [0.15, 0.2) is 5.78 Å². The number of aliphatic hydroxyl groups is 4. The molecule has 1 heterocycles. The topological polar surface area (TPSA) is 179 Å². The number of nitrogens with one attached hydrogen (secondary N) is 1. The highest BCUT2D eigenvalue weighted by Gasteiger charge is 2.53. The predicted octanol–water partition coefficient (Wildman–Crippen LogP) is -0.179. The van der Waals surface area contributed by atoms with Gasteiger partial charge in [0.2, 0.25) is 5.91 Å². The third-order valence-corrected chi connectivity index (χ3v) is 6.46. The maximum Gasteiger partial charge on any atom is 0.276 e. The summed E-state index contributed by atoms with van der Waals surface area (Å²) in [5.74, 6) is -4.81. The van der Waals surface area contributed by atoms with Crippen LogP contribution in [0.5, 0.6) is 0 Å². The van der Waals surface area contributed by atoms with Gasteiger partial charge in [-0.1, -0.05) is 26.2 Å². The van der Waals surface area contributed by atoms with Crippen molar-refractivity contribution in [3.8, 4) is 0 Å². The molecule has 0 aromatic carbocycles. The van der Waals surface area contributed by atoms with Crippen LogP contribution in [0.15, 0.2) is 0 Å². The van der Waals surface area contributed by atoms with E-state index in [-0.39, 0.29) is 24.4 Å². The first-order valence-electron chi connectivity index (χ1n) is 12.0. The standard InChI is InChI=1S/C23H40F2N2O8/c1-12(14(3)29)10-16(30)13(2)27-22(34)15(26)8-6-4-5-7-9-23(24,25)21-20(33)19(32)18(31)17(11-28)35-21/h12-13,15,17-21,28,31-33H,4-11,26H2,1-3H3,(H,27,34)/t12-,13+,15+,17-,18+,19+,20-,21-/m1/s1. The minimum Gasteiger partial charge on any atom is -0.394 e. The summed E-state index contributed by atoms with van der Waals surface area (Å²) in [5.41, 5.74) is 5.86. The molecule has 1 aliphatic heterocycles. The van der Waals surface area contributed by atoms with Crippen molar-refractivity contribution in [2.24, 2.45) is 11.7 Å². The van der Waals surface area contributed by atoms with E-state index in [0.717, 1.165) is 0 Å². The number of nitrogens with two attached hydrogens (primary N) is 1. The lowest BCUT2D eigenvalue weighted by Crippen LogP contribution is -2.63. The van der Waals surface area contributed by atoms with E-state index in [9.17, 15) is 38.5 Å². The van der Waals surface area contributed by atoms with Crippen LogP contribution in [-0.2, 0) is 19.1 Å². The molecule has 204 valence electrons. The number of carbonyl (C=O) groups is 3. The molecule has 0 aromatic heterocycles. The van der Waals surface area contributed by atoms with Crippen molar-refractivity contribution < 1.29 is 48.3 Å². The number of alkyl halides is 2. The van der Waals surface area contributed by atoms with Gasteiger partial charge < -0.3 is 36.2 Å². The summed E-state index contributed by atoms with van der Waals surface area (Å²) in [6.45, 7) is 3.78. The molecule has 0 bridgehead atoms. The number of Topliss-reactive ketones (excluding diaryl/α,β-unsaturated/α-hetero) is 2. The van der Waals surface area contributed by atoms with E-state index >= 15 is 0 Å². The van der Waals surface area contributed by atoms with Gasteiger partial charge >= 0.3 is 0 Å². The number of aliphatic hydroxyl groups excluding tert-OH is 4. The van der Waals surface area contributed by atoms with Crippen LogP contribution in [0.25, 0.3) is 0 Å². The third-order valence-electron chi connectivity index (χ3n) is 6.46. The number of unbranched alkanes of at least 4 members (excludes halogenated alkanes) is 3. The minimum absolute atomic E-state index is 0.0276. The van der Waals surface area contributed by atoms with Crippen molar-refractivity contribution in [1.29, 1.82) is 0 Å². The van der Waals surface area contributed by atoms with Crippen LogP contribution in [-0.4, -0.2) is 93.0 Å². The first-order valence-corrected chi connectivity index (χ1v) is 12.0. The quantitative estimate of drug-likeness (QED) is 0.163. The van der Waals surface area contributed by atoms with Gasteiger partial charge in [-0.15, -0.1) is 0 Å². The van der Waals surface area contributed by atoms with Crippen LogP contribution < -0.4 is 11.1 Å². The van der Waals surface area contributed by atoms with Crippen LogP contribution in [0.3, 0.4) is 0 Å². The van der Waals surface area contributed by atoms with E-state index in [0.29, 0.717) is 25.7 Å². The van der Waals surface area contributed by atoms with Gasteiger partial charge in [0, 0.05) is 18.8 Å². The molecule has 1 fully saturated rings. The smallest absolute Gasteiger partial charge is 0.276 e. The normalized spacial score (nSPS) is 27.7. The zero-order valence-electron chi connectivity index (χ0n) is 20.5. The molecule has 1 saturated heterocycles. The SMILES string of the molecule is CC(=O)[C@H](C)CC(=O)[C@H](C)NC(=O)[C@@H](N)CCCCCCC(F)(F)[C@@H]1O[C@H](CO)[C@H](O)[C@H](O)[C@H]1O. The number of carbonyl (C=O) groups excluding carboxylic acids is 3. The molecule has 1 amide bonds. The molecule has 12 heteroatoms. The summed E-state index contributed by atoms with van der Waals surface area (Å²) < 4.78 is 34.0. The third kappa shape index (κ3) is 9.43. The molecule has 0 aliphatic carbocycles. The van der Waals surface area contributed by atoms with Gasteiger partial charge in [0.1, 0.15) is 36.3 Å². The maximum absolute atomic E-state index is 14.5. The largest absolute Gasteiger partial charge is 0.394 e. The van der Waals surface area contributed by atoms with Crippen LogP contribution in [0.2, 0.25) is 0 Å². The Morgan fingerprint density at radius 1 is 1.03 bits per heavy atom. The second kappa shape index (κ2) is 14.2. The predicted molar refractivity (Wildman–Crippen MR) is 121 cm³/mol. The number of ether oxygens (including phenoxy) is 1. The molecule has 7 N–H and O–H groups in total. The zero-order chi connectivity index (χ0) is 26.9. The van der Waals surface area contributed by atoms with Crippen molar-refractivity contribution in [1.82, 2.24) is 5.32 Å². The minimum atomic E-state index is -3.49. The number of amides is 1. The fraction of sp³-hybridized carbons (Fsp3) is 0.870. The van der Waals surface area contributed by atoms with E-state index in [1.807, 2.05) is 0 Å². The van der Waals surface area contributed by atoms with Crippen molar-refractivity contribution in [2.75, 3.05) is 6.61 Å². The van der Waals surface area contributed by atoms with Gasteiger partial charge in [-0.2, -0.15) is 0 Å². The fourth-order valence-corrected chi connectivity index (χ4v) is 3.83. The zero-order valence-corrected chi connectivity index (χ0v) is 20.5. The van der Waals surface area contributed by atoms with Crippen molar-refractivity contribution >= 4 is 17.5 Å². The molecule has 8 atom stereocenters. The molecule has 35 heavy (non-hydrogen) atoms. The van der Waals surface area contributed by atoms with Crippen molar-refractivity contribution in [2.45, 2.75) is 114 Å². The maximum atomic E-state index is 14.5. The van der Waals surface area contributed by atoms with Crippen molar-refractivity contribution in [3.05, 3.63) is 0 Å². The molecule has 0 radical (unpaired) electrons. The molecular weight excluding hydrogens is 470 g/mol. The van der Waals surface area contributed by atoms with E-state index in [4.69, 9.17) is 15.6 Å². The lowest BCUT2D eigenvalue weighted by atomic mass is 9.90. The van der Waals surface area contributed by atoms with E-state index < -0.39 is 73.4 Å². The molecule has 0 spiro atoms. The Morgan fingerprint density at radius 2 is 1.63 bits per heavy atom. The molecular formula is C23H40F2N2O8. The first-order chi connectivity index (χ1) is 16.2. The number of hydrogen-bond acceptors (Lipinski definition) is 9. The van der Waals surface area contributed by atoms with Crippen molar-refractivity contribution in [3.63, 3.8) is 0 Å². The van der Waals surface area contributed by atoms with Crippen LogP contribution in [0.1, 0.15) is 65.7 Å². The fourth-order valence-electron chi connectivity index (χ4n) is 3.83. The summed E-state index contributed by atoms with van der Waals surface area (Å²) >= 11 is 0. The van der Waals surface area contributed by atoms with Crippen LogP contribution >= 0.6 is 0 Å². The van der Waals surface area contributed by atoms with Gasteiger partial charge in [0.05, 0.1) is 18.7 Å². The van der Waals surface area contributed by atoms with E-state index in [2.05, 4.69) is 5.32 Å². The number of halogens is 2. The highest BCUT2D eigenvalue weighted by Crippen LogP contribution is 2.35. The van der Waals surface area contributed by atoms with Gasteiger partial charge in [-0.3, -0.25) is 14.4 Å². The first kappa shape index (κ1) is 31.5. The van der Waals surface area contributed by atoms with Gasteiger partial charge in [-0.25, -0.2) is 8.78 Å². The lowest BCUT2D eigenvalue weighted by Gasteiger charge is -2.42. The molecule has 1 rings (SSSR count). The highest BCUT2D eigenvalue weighted by molar-refractivity contribution is 5.93. The second-order valence-electron chi connectivity index (χ2n) is 9.48. The number of rotatable bonds is 15. The Morgan fingerprint density at radius 3 is 2.20 bits per heavy atom. The number of hydrogen-bond donors (Lipinski definition) is 6. The molecule has 0 saturated carbocycles. The Labute approximate surface area is 204 Å². The molecule has 1 aliphatic rings. The summed E-state index contributed by atoms with van der Waals surface area (Å²) in [5, 5.41) is 41.0. The van der Waals surface area contributed by atoms with Crippen LogP contribution in [0, 0.1) is 5.92 Å². The molecule has 0 unspecified atom stereocenters. The monoisotopic (exact) mass is 510 g/mol. The summed E-state index contributed by atoms with van der Waals surface area (Å²) in [6, 6.07) is -1.65. The highest BCUT2D eigenvalue weighted by atomic mass is 19.3. The van der Waals surface area contributed by atoms with E-state index in [1.54, 1.807) is 6.92 Å². The molecule has 10 nitrogen and oxygen atoms in total. The molecule has 0 aromatic rings. The second-order valence-corrected chi connectivity index (χ2v) is 9.48. The summed E-state index contributed by atoms with van der Waals surface area (Å²) in [6.07, 6.45) is -7.87. The van der Waals surface area contributed by atoms with Crippen LogP contribution in [0.4, 0.5) is 8.78 Å². The Balaban J connectivity index is 2.35. The Bertz CT molecular complexity index is 709.